The van der Waals surface area contributed by atoms with Gasteiger partial charge in [-0.25, -0.2) is 26.5 Å². The molecule has 0 spiro atoms. The lowest BCUT2D eigenvalue weighted by atomic mass is 10.0. The molecule has 0 unspecified atom stereocenters. The Balaban J connectivity index is 1.89. The monoisotopic (exact) mass is 407 g/mol. The molecule has 0 radical (unpaired) electrons. The molecule has 0 atom stereocenters. The normalized spacial score (nSPS) is 12.2. The molecule has 27 heavy (non-hydrogen) atoms. The Morgan fingerprint density at radius 2 is 1.59 bits per heavy atom. The molecule has 1 heterocycles. The molecule has 0 aliphatic carbocycles. The van der Waals surface area contributed by atoms with Crippen molar-refractivity contribution in [3.63, 3.8) is 0 Å². The summed E-state index contributed by atoms with van der Waals surface area (Å²) in [7, 11) is -7.43. The molecule has 0 saturated carbocycles. The van der Waals surface area contributed by atoms with Crippen LogP contribution in [0.15, 0.2) is 70.3 Å². The molecular formula is C17H17N3O5S2. The van der Waals surface area contributed by atoms with Crippen LogP contribution in [0.2, 0.25) is 0 Å². The maximum Gasteiger partial charge on any atom is 0.242 e. The zero-order valence-electron chi connectivity index (χ0n) is 14.3. The zero-order chi connectivity index (χ0) is 19.5. The van der Waals surface area contributed by atoms with Crippen LogP contribution in [-0.2, 0) is 20.0 Å². The summed E-state index contributed by atoms with van der Waals surface area (Å²) in [5.41, 5.74) is 1.94. The molecule has 8 nitrogen and oxygen atoms in total. The summed E-state index contributed by atoms with van der Waals surface area (Å²) in [5.74, 6) is 0.468. The smallest absolute Gasteiger partial charge is 0.242 e. The maximum absolute atomic E-state index is 12.6. The molecule has 142 valence electrons. The van der Waals surface area contributed by atoms with Gasteiger partial charge in [0.1, 0.15) is 6.26 Å². The predicted octanol–water partition coefficient (Wildman–Crippen LogP) is 1.79. The van der Waals surface area contributed by atoms with Crippen molar-refractivity contribution in [3.8, 4) is 22.6 Å². The number of nitrogens with zero attached hydrogens (tertiary/aromatic N) is 1. The van der Waals surface area contributed by atoms with Gasteiger partial charge in [-0.3, -0.25) is 0 Å². The summed E-state index contributed by atoms with van der Waals surface area (Å²) < 4.78 is 57.0. The molecule has 0 bridgehead atoms. The molecule has 0 aliphatic heterocycles. The first-order valence-electron chi connectivity index (χ1n) is 7.80. The molecule has 3 aromatic rings. The van der Waals surface area contributed by atoms with Gasteiger partial charge in [-0.05, 0) is 23.8 Å². The second-order valence-electron chi connectivity index (χ2n) is 5.65. The van der Waals surface area contributed by atoms with E-state index >= 15 is 0 Å². The molecule has 0 saturated heterocycles. The quantitative estimate of drug-likeness (QED) is 0.577. The fraction of sp³-hybridized carbons (Fsp3) is 0.118. The molecule has 10 heteroatoms. The van der Waals surface area contributed by atoms with Crippen molar-refractivity contribution in [2.24, 2.45) is 0 Å². The average Bonchev–Trinajstić information content (AvgIpc) is 3.15. The second kappa shape index (κ2) is 7.61. The van der Waals surface area contributed by atoms with E-state index in [4.69, 9.17) is 4.42 Å². The first-order valence-corrected chi connectivity index (χ1v) is 11.2. The highest BCUT2D eigenvalue weighted by atomic mass is 32.2. The van der Waals surface area contributed by atoms with Crippen LogP contribution in [0.25, 0.3) is 22.6 Å². The van der Waals surface area contributed by atoms with E-state index in [9.17, 15) is 16.8 Å². The summed E-state index contributed by atoms with van der Waals surface area (Å²) in [6.07, 6.45) is 3.97. The molecule has 2 aromatic carbocycles. The molecule has 0 fully saturated rings. The van der Waals surface area contributed by atoms with Crippen molar-refractivity contribution in [2.45, 2.75) is 4.90 Å². The van der Waals surface area contributed by atoms with Gasteiger partial charge in [0.15, 0.2) is 0 Å². The van der Waals surface area contributed by atoms with E-state index < -0.39 is 26.7 Å². The van der Waals surface area contributed by atoms with E-state index in [1.165, 1.54) is 12.3 Å². The Labute approximate surface area is 157 Å². The number of oxazole rings is 1. The third kappa shape index (κ3) is 4.80. The van der Waals surface area contributed by atoms with E-state index in [-0.39, 0.29) is 4.90 Å². The van der Waals surface area contributed by atoms with Gasteiger partial charge in [0.05, 0.1) is 24.0 Å². The van der Waals surface area contributed by atoms with Gasteiger partial charge in [-0.1, -0.05) is 30.3 Å². The van der Waals surface area contributed by atoms with Crippen LogP contribution in [0.4, 0.5) is 0 Å². The standard InChI is InChI=1S/C17H17N3O5S2/c1-26(21,22)19-12-20-27(23,24)16-5-3-2-4-15(16)13-6-8-14(9-7-13)17-18-10-11-25-17/h2-11,19-20H,12H2,1H3. The number of sulfonamides is 2. The Morgan fingerprint density at radius 3 is 2.22 bits per heavy atom. The van der Waals surface area contributed by atoms with Gasteiger partial charge in [0.2, 0.25) is 25.9 Å². The lowest BCUT2D eigenvalue weighted by molar-refractivity contribution is 0.572. The number of benzene rings is 2. The zero-order valence-corrected chi connectivity index (χ0v) is 15.9. The summed E-state index contributed by atoms with van der Waals surface area (Å²) in [5, 5.41) is 0. The predicted molar refractivity (Wildman–Crippen MR) is 101 cm³/mol. The number of rotatable bonds is 7. The summed E-state index contributed by atoms with van der Waals surface area (Å²) in [4.78, 5) is 4.12. The largest absolute Gasteiger partial charge is 0.445 e. The molecule has 2 N–H and O–H groups in total. The van der Waals surface area contributed by atoms with Crippen LogP contribution in [0.5, 0.6) is 0 Å². The van der Waals surface area contributed by atoms with E-state index in [0.29, 0.717) is 17.0 Å². The Hall–Kier alpha value is -2.53. The lowest BCUT2D eigenvalue weighted by Crippen LogP contribution is -2.36. The highest BCUT2D eigenvalue weighted by Gasteiger charge is 2.19. The summed E-state index contributed by atoms with van der Waals surface area (Å²) in [6.45, 7) is -0.432. The van der Waals surface area contributed by atoms with E-state index in [1.54, 1.807) is 48.7 Å². The third-order valence-corrected chi connectivity index (χ3v) is 5.78. The SMILES string of the molecule is CS(=O)(=O)NCNS(=O)(=O)c1ccccc1-c1ccc(-c2ncco2)cc1. The highest BCUT2D eigenvalue weighted by Crippen LogP contribution is 2.29. The molecular weight excluding hydrogens is 390 g/mol. The van der Waals surface area contributed by atoms with Crippen molar-refractivity contribution < 1.29 is 21.3 Å². The number of nitrogens with one attached hydrogen (secondary N) is 2. The number of hydrogen-bond donors (Lipinski definition) is 2. The van der Waals surface area contributed by atoms with Gasteiger partial charge in [-0.15, -0.1) is 0 Å². The van der Waals surface area contributed by atoms with Crippen molar-refractivity contribution in [3.05, 3.63) is 61.0 Å². The van der Waals surface area contributed by atoms with E-state index in [0.717, 1.165) is 11.8 Å². The van der Waals surface area contributed by atoms with Crippen molar-refractivity contribution in [1.29, 1.82) is 0 Å². The Bertz CT molecular complexity index is 1120. The second-order valence-corrected chi connectivity index (χ2v) is 9.22. The minimum Gasteiger partial charge on any atom is -0.445 e. The number of aromatic nitrogens is 1. The van der Waals surface area contributed by atoms with Gasteiger partial charge in [0, 0.05) is 11.1 Å². The van der Waals surface area contributed by atoms with Crippen LogP contribution < -0.4 is 9.44 Å². The van der Waals surface area contributed by atoms with Gasteiger partial charge in [-0.2, -0.15) is 4.72 Å². The van der Waals surface area contributed by atoms with Crippen LogP contribution in [0.3, 0.4) is 0 Å². The third-order valence-electron chi connectivity index (χ3n) is 3.65. The van der Waals surface area contributed by atoms with Crippen molar-refractivity contribution >= 4 is 20.0 Å². The fourth-order valence-corrected chi connectivity index (χ4v) is 4.01. The maximum atomic E-state index is 12.6. The van der Waals surface area contributed by atoms with Gasteiger partial charge in [0.25, 0.3) is 0 Å². The minimum absolute atomic E-state index is 0.0455. The number of hydrogen-bond acceptors (Lipinski definition) is 6. The van der Waals surface area contributed by atoms with Crippen LogP contribution in [0, 0.1) is 0 Å². The summed E-state index contributed by atoms with van der Waals surface area (Å²) in [6, 6.07) is 13.6. The molecule has 1 aromatic heterocycles. The van der Waals surface area contributed by atoms with Crippen LogP contribution in [0.1, 0.15) is 0 Å². The lowest BCUT2D eigenvalue weighted by Gasteiger charge is -2.12. The Morgan fingerprint density at radius 1 is 0.926 bits per heavy atom. The van der Waals surface area contributed by atoms with Gasteiger partial charge < -0.3 is 4.42 Å². The summed E-state index contributed by atoms with van der Waals surface area (Å²) >= 11 is 0. The first kappa shape index (κ1) is 19.2. The van der Waals surface area contributed by atoms with Crippen LogP contribution >= 0.6 is 0 Å². The first-order chi connectivity index (χ1) is 12.8. The van der Waals surface area contributed by atoms with Crippen molar-refractivity contribution in [2.75, 3.05) is 12.9 Å². The van der Waals surface area contributed by atoms with Gasteiger partial charge >= 0.3 is 0 Å². The fourth-order valence-electron chi connectivity index (χ4n) is 2.43. The molecule has 0 amide bonds. The van der Waals surface area contributed by atoms with E-state index in [2.05, 4.69) is 14.4 Å². The van der Waals surface area contributed by atoms with Crippen LogP contribution in [-0.4, -0.2) is 34.7 Å². The molecule has 3 rings (SSSR count). The highest BCUT2D eigenvalue weighted by molar-refractivity contribution is 7.90. The Kier molecular flexibility index (Phi) is 5.42. The topological polar surface area (TPSA) is 118 Å². The van der Waals surface area contributed by atoms with Crippen molar-refractivity contribution in [1.82, 2.24) is 14.4 Å². The molecule has 0 aliphatic rings. The average molecular weight is 407 g/mol. The minimum atomic E-state index is -3.92. The van der Waals surface area contributed by atoms with E-state index in [1.807, 2.05) is 0 Å².